The van der Waals surface area contributed by atoms with E-state index in [-0.39, 0.29) is 18.9 Å². The first-order chi connectivity index (χ1) is 14.3. The molecule has 11 heteroatoms. The lowest BCUT2D eigenvalue weighted by atomic mass is 10.2. The van der Waals surface area contributed by atoms with E-state index < -0.39 is 11.7 Å². The quantitative estimate of drug-likeness (QED) is 0.112. The van der Waals surface area contributed by atoms with Crippen molar-refractivity contribution in [2.24, 2.45) is 9.98 Å². The summed E-state index contributed by atoms with van der Waals surface area (Å²) < 4.78 is 0. The molecule has 11 nitrogen and oxygen atoms in total. The lowest BCUT2D eigenvalue weighted by Crippen LogP contribution is -2.51. The van der Waals surface area contributed by atoms with E-state index in [0.29, 0.717) is 18.2 Å². The fraction of sp³-hybridized carbons (Fsp3) is 0.526. The predicted octanol–water partition coefficient (Wildman–Crippen LogP) is 0.865. The molecule has 0 saturated carbocycles. The molecule has 0 fully saturated rings. The Morgan fingerprint density at radius 3 is 1.73 bits per heavy atom. The van der Waals surface area contributed by atoms with E-state index >= 15 is 0 Å². The number of unbranched alkanes of at least 4 members (excludes halogenated alkanes) is 3. The number of hydrogen-bond acceptors (Lipinski definition) is 10. The van der Waals surface area contributed by atoms with Crippen LogP contribution in [0.5, 0.6) is 0 Å². The molecular formula is C19H29N3O8. The number of carbonyl (C=O) groups is 1. The molecule has 0 aliphatic carbocycles. The third-order valence-corrected chi connectivity index (χ3v) is 3.34. The molecule has 0 amide bonds. The summed E-state index contributed by atoms with van der Waals surface area (Å²) in [6.07, 6.45) is 6.80. The van der Waals surface area contributed by atoms with Crippen LogP contribution in [0.25, 0.3) is 0 Å². The van der Waals surface area contributed by atoms with Crippen LogP contribution in [-0.2, 0) is 14.4 Å². The number of hydroxylamine groups is 1. The van der Waals surface area contributed by atoms with Gasteiger partial charge in [0.25, 0.3) is 5.72 Å². The highest BCUT2D eigenvalue weighted by molar-refractivity contribution is 5.79. The summed E-state index contributed by atoms with van der Waals surface area (Å²) in [7, 11) is 0. The van der Waals surface area contributed by atoms with Crippen molar-refractivity contribution in [2.45, 2.75) is 38.3 Å². The Bertz CT molecular complexity index is 633. The number of carbonyl (C=O) groups excluding carboxylic acids is 2. The summed E-state index contributed by atoms with van der Waals surface area (Å²) in [5.74, 6) is -1.52. The van der Waals surface area contributed by atoms with E-state index in [1.54, 1.807) is 18.2 Å². The van der Waals surface area contributed by atoms with Gasteiger partial charge < -0.3 is 20.4 Å². The maximum absolute atomic E-state index is 10.6. The number of para-hydroxylation sites is 1. The zero-order valence-electron chi connectivity index (χ0n) is 16.8. The van der Waals surface area contributed by atoms with Crippen LogP contribution in [-0.4, -0.2) is 75.8 Å². The molecule has 0 aromatic heterocycles. The van der Waals surface area contributed by atoms with Crippen LogP contribution in [0.2, 0.25) is 0 Å². The molecule has 1 aromatic rings. The van der Waals surface area contributed by atoms with Gasteiger partial charge in [0.2, 0.25) is 12.2 Å². The van der Waals surface area contributed by atoms with Crippen molar-refractivity contribution < 1.29 is 40.0 Å². The number of carboxylic acids is 1. The van der Waals surface area contributed by atoms with Crippen LogP contribution in [0.4, 0.5) is 5.69 Å². The van der Waals surface area contributed by atoms with Gasteiger partial charge in [0, 0.05) is 0 Å². The monoisotopic (exact) mass is 427 g/mol. The van der Waals surface area contributed by atoms with Crippen molar-refractivity contribution >= 4 is 23.8 Å². The molecule has 0 aliphatic rings. The SMILES string of the molecule is C[C@@](O)(C(=O)O)N(O)c1ccccc1.O=C=NCCCCCCN=C=O.OCCO. The highest BCUT2D eigenvalue weighted by atomic mass is 16.6. The molecular weight excluding hydrogens is 398 g/mol. The molecule has 0 unspecified atom stereocenters. The smallest absolute Gasteiger partial charge is 0.359 e. The van der Waals surface area contributed by atoms with Crippen molar-refractivity contribution in [1.82, 2.24) is 0 Å². The maximum Gasteiger partial charge on any atom is 0.359 e. The first-order valence-corrected chi connectivity index (χ1v) is 9.08. The van der Waals surface area contributed by atoms with Gasteiger partial charge in [-0.3, -0.25) is 5.21 Å². The Kier molecular flexibility index (Phi) is 19.0. The molecule has 0 saturated heterocycles. The number of carboxylic acid groups (broad SMARTS) is 1. The first-order valence-electron chi connectivity index (χ1n) is 9.08. The average molecular weight is 427 g/mol. The van der Waals surface area contributed by atoms with Crippen LogP contribution in [0.1, 0.15) is 32.6 Å². The number of nitrogens with zero attached hydrogens (tertiary/aromatic N) is 3. The normalized spacial score (nSPS) is 11.1. The Balaban J connectivity index is 0. The van der Waals surface area contributed by atoms with E-state index in [4.69, 9.17) is 15.3 Å². The summed E-state index contributed by atoms with van der Waals surface area (Å²) in [6, 6.07) is 7.93. The van der Waals surface area contributed by atoms with Gasteiger partial charge in [-0.2, -0.15) is 0 Å². The van der Waals surface area contributed by atoms with Gasteiger partial charge in [0.05, 0.1) is 32.0 Å². The number of benzene rings is 1. The molecule has 0 spiro atoms. The molecule has 1 atom stereocenters. The number of isocyanates is 2. The van der Waals surface area contributed by atoms with Crippen LogP contribution in [0.3, 0.4) is 0 Å². The van der Waals surface area contributed by atoms with Gasteiger partial charge in [-0.15, -0.1) is 0 Å². The van der Waals surface area contributed by atoms with Crippen molar-refractivity contribution in [3.63, 3.8) is 0 Å². The van der Waals surface area contributed by atoms with Crippen molar-refractivity contribution in [1.29, 1.82) is 0 Å². The molecule has 30 heavy (non-hydrogen) atoms. The summed E-state index contributed by atoms with van der Waals surface area (Å²) in [4.78, 5) is 36.7. The summed E-state index contributed by atoms with van der Waals surface area (Å²) in [5, 5.41) is 43.0. The number of rotatable bonds is 11. The minimum Gasteiger partial charge on any atom is -0.478 e. The summed E-state index contributed by atoms with van der Waals surface area (Å²) in [6.45, 7) is 1.85. The standard InChI is InChI=1S/C9H11NO4.C8H12N2O2.C2H6O2/c1-9(13,8(11)12)10(14)7-5-3-2-4-6-7;11-7-9-5-3-1-2-4-6-10-8-12;3-1-2-4/h2-6,13-14H,1H3,(H,11,12);1-6H2;3-4H,1-2H2/t9-;;/m1../s1. The molecule has 0 bridgehead atoms. The van der Waals surface area contributed by atoms with Crippen LogP contribution < -0.4 is 5.06 Å². The molecule has 0 heterocycles. The second kappa shape index (κ2) is 19.4. The van der Waals surface area contributed by atoms with Gasteiger partial charge in [-0.25, -0.2) is 29.4 Å². The van der Waals surface area contributed by atoms with Gasteiger partial charge in [-0.1, -0.05) is 31.0 Å². The number of anilines is 1. The molecule has 0 aliphatic heterocycles. The van der Waals surface area contributed by atoms with E-state index in [1.807, 2.05) is 0 Å². The fourth-order valence-corrected chi connectivity index (χ4v) is 1.74. The predicted molar refractivity (Wildman–Crippen MR) is 108 cm³/mol. The van der Waals surface area contributed by atoms with Crippen LogP contribution in [0.15, 0.2) is 40.3 Å². The largest absolute Gasteiger partial charge is 0.478 e. The molecule has 5 N–H and O–H groups in total. The number of aliphatic hydroxyl groups is 3. The second-order valence-corrected chi connectivity index (χ2v) is 5.78. The molecule has 0 radical (unpaired) electrons. The topological polar surface area (TPSA) is 180 Å². The Labute approximate surface area is 174 Å². The highest BCUT2D eigenvalue weighted by Crippen LogP contribution is 2.19. The highest BCUT2D eigenvalue weighted by Gasteiger charge is 2.37. The average Bonchev–Trinajstić information content (AvgIpc) is 2.76. The fourth-order valence-electron chi connectivity index (χ4n) is 1.74. The van der Waals surface area contributed by atoms with E-state index in [9.17, 15) is 24.7 Å². The van der Waals surface area contributed by atoms with Gasteiger partial charge in [0.1, 0.15) is 0 Å². The van der Waals surface area contributed by atoms with Crippen LogP contribution in [0, 0.1) is 0 Å². The van der Waals surface area contributed by atoms with E-state index in [1.165, 1.54) is 24.3 Å². The Hall–Kier alpha value is -2.91. The molecule has 1 aromatic carbocycles. The van der Waals surface area contributed by atoms with Gasteiger partial charge in [0.15, 0.2) is 0 Å². The first kappa shape index (κ1) is 29.3. The molecule has 168 valence electrons. The van der Waals surface area contributed by atoms with Crippen molar-refractivity contribution in [3.8, 4) is 0 Å². The third-order valence-electron chi connectivity index (χ3n) is 3.34. The zero-order valence-corrected chi connectivity index (χ0v) is 16.8. The molecule has 1 rings (SSSR count). The summed E-state index contributed by atoms with van der Waals surface area (Å²) >= 11 is 0. The number of aliphatic hydroxyl groups excluding tert-OH is 2. The minimum atomic E-state index is -2.33. The van der Waals surface area contributed by atoms with Gasteiger partial charge >= 0.3 is 5.97 Å². The number of hydrogen-bond donors (Lipinski definition) is 5. The van der Waals surface area contributed by atoms with E-state index in [2.05, 4.69) is 9.98 Å². The zero-order chi connectivity index (χ0) is 23.3. The van der Waals surface area contributed by atoms with Gasteiger partial charge in [-0.05, 0) is 31.9 Å². The second-order valence-electron chi connectivity index (χ2n) is 5.78. The van der Waals surface area contributed by atoms with Crippen molar-refractivity contribution in [2.75, 3.05) is 31.4 Å². The van der Waals surface area contributed by atoms with E-state index in [0.717, 1.165) is 32.6 Å². The minimum absolute atomic E-state index is 0.125. The number of aliphatic imine (C=N–C) groups is 2. The lowest BCUT2D eigenvalue weighted by Gasteiger charge is -2.28. The Morgan fingerprint density at radius 1 is 0.967 bits per heavy atom. The number of aliphatic carboxylic acids is 1. The summed E-state index contributed by atoms with van der Waals surface area (Å²) in [5.41, 5.74) is -2.12. The third kappa shape index (κ3) is 15.1. The van der Waals surface area contributed by atoms with Crippen LogP contribution >= 0.6 is 0 Å². The lowest BCUT2D eigenvalue weighted by molar-refractivity contribution is -0.162. The maximum atomic E-state index is 10.6. The Morgan fingerprint density at radius 2 is 1.40 bits per heavy atom. The van der Waals surface area contributed by atoms with Crippen molar-refractivity contribution in [3.05, 3.63) is 30.3 Å².